The molecule has 0 saturated carbocycles. The quantitative estimate of drug-likeness (QED) is 0.803. The first-order valence-electron chi connectivity index (χ1n) is 5.41. The molecule has 94 valence electrons. The standard InChI is InChI=1S/C11H17N3O3/c1-8(2)17-9-4-6-12-11(13-9)14(3)7-5-10(15)16/h4,6,8H,5,7H2,1-3H3,(H,15,16). The molecule has 0 radical (unpaired) electrons. The number of rotatable bonds is 6. The third kappa shape index (κ3) is 4.67. The molecule has 0 aliphatic heterocycles. The van der Waals surface area contributed by atoms with E-state index < -0.39 is 5.97 Å². The molecule has 0 spiro atoms. The molecule has 0 aliphatic carbocycles. The summed E-state index contributed by atoms with van der Waals surface area (Å²) in [5, 5.41) is 8.59. The number of hydrogen-bond acceptors (Lipinski definition) is 5. The number of ether oxygens (including phenoxy) is 1. The molecule has 0 aromatic carbocycles. The Balaban J connectivity index is 2.66. The second-order valence-corrected chi connectivity index (χ2v) is 3.93. The van der Waals surface area contributed by atoms with Crippen molar-refractivity contribution in [3.63, 3.8) is 0 Å². The summed E-state index contributed by atoms with van der Waals surface area (Å²) in [7, 11) is 1.75. The molecule has 1 heterocycles. The minimum Gasteiger partial charge on any atom is -0.481 e. The largest absolute Gasteiger partial charge is 0.481 e. The zero-order valence-corrected chi connectivity index (χ0v) is 10.3. The van der Waals surface area contributed by atoms with Crippen LogP contribution >= 0.6 is 0 Å². The Kier molecular flexibility index (Phi) is 4.68. The van der Waals surface area contributed by atoms with Gasteiger partial charge in [-0.3, -0.25) is 4.79 Å². The molecular formula is C11H17N3O3. The number of anilines is 1. The number of hydrogen-bond donors (Lipinski definition) is 1. The Morgan fingerprint density at radius 1 is 1.59 bits per heavy atom. The predicted molar refractivity (Wildman–Crippen MR) is 63.3 cm³/mol. The molecule has 0 bridgehead atoms. The highest BCUT2D eigenvalue weighted by molar-refractivity contribution is 5.67. The number of carbonyl (C=O) groups is 1. The summed E-state index contributed by atoms with van der Waals surface area (Å²) in [6.07, 6.45) is 1.69. The average Bonchev–Trinajstić information content (AvgIpc) is 2.25. The zero-order valence-electron chi connectivity index (χ0n) is 10.3. The minimum absolute atomic E-state index is 0.0436. The topological polar surface area (TPSA) is 75.5 Å². The van der Waals surface area contributed by atoms with Crippen molar-refractivity contribution in [2.75, 3.05) is 18.5 Å². The highest BCUT2D eigenvalue weighted by Crippen LogP contribution is 2.12. The normalized spacial score (nSPS) is 10.4. The van der Waals surface area contributed by atoms with Crippen molar-refractivity contribution in [3.8, 4) is 5.88 Å². The molecule has 6 nitrogen and oxygen atoms in total. The van der Waals surface area contributed by atoms with E-state index in [1.807, 2.05) is 13.8 Å². The first-order chi connectivity index (χ1) is 7.99. The van der Waals surface area contributed by atoms with Crippen LogP contribution in [0.3, 0.4) is 0 Å². The Labute approximate surface area is 100 Å². The third-order valence-electron chi connectivity index (χ3n) is 1.98. The van der Waals surface area contributed by atoms with E-state index in [0.29, 0.717) is 18.4 Å². The monoisotopic (exact) mass is 239 g/mol. The van der Waals surface area contributed by atoms with Crippen LogP contribution < -0.4 is 9.64 Å². The molecule has 1 N–H and O–H groups in total. The Hall–Kier alpha value is -1.85. The number of carboxylic acids is 1. The van der Waals surface area contributed by atoms with E-state index in [1.54, 1.807) is 24.2 Å². The predicted octanol–water partition coefficient (Wildman–Crippen LogP) is 1.17. The van der Waals surface area contributed by atoms with Crippen LogP contribution in [0.2, 0.25) is 0 Å². The van der Waals surface area contributed by atoms with Gasteiger partial charge in [-0.2, -0.15) is 4.98 Å². The average molecular weight is 239 g/mol. The molecule has 0 fully saturated rings. The summed E-state index contributed by atoms with van der Waals surface area (Å²) < 4.78 is 5.44. The summed E-state index contributed by atoms with van der Waals surface area (Å²) in [6.45, 7) is 4.19. The molecule has 1 rings (SSSR count). The first kappa shape index (κ1) is 13.2. The van der Waals surface area contributed by atoms with Gasteiger partial charge in [-0.1, -0.05) is 0 Å². The van der Waals surface area contributed by atoms with E-state index in [-0.39, 0.29) is 12.5 Å². The van der Waals surface area contributed by atoms with Crippen LogP contribution in [0.25, 0.3) is 0 Å². The summed E-state index contributed by atoms with van der Waals surface area (Å²) in [4.78, 5) is 20.4. The lowest BCUT2D eigenvalue weighted by atomic mass is 10.4. The van der Waals surface area contributed by atoms with Crippen molar-refractivity contribution in [1.29, 1.82) is 0 Å². The van der Waals surface area contributed by atoms with Crippen LogP contribution in [0.5, 0.6) is 5.88 Å². The third-order valence-corrected chi connectivity index (χ3v) is 1.98. The van der Waals surface area contributed by atoms with Gasteiger partial charge in [0.2, 0.25) is 11.8 Å². The van der Waals surface area contributed by atoms with E-state index in [4.69, 9.17) is 9.84 Å². The molecular weight excluding hydrogens is 222 g/mol. The maximum atomic E-state index is 10.5. The van der Waals surface area contributed by atoms with Gasteiger partial charge >= 0.3 is 5.97 Å². The van der Waals surface area contributed by atoms with Gasteiger partial charge in [0.05, 0.1) is 12.5 Å². The summed E-state index contributed by atoms with van der Waals surface area (Å²) in [5.41, 5.74) is 0. The highest BCUT2D eigenvalue weighted by Gasteiger charge is 2.08. The van der Waals surface area contributed by atoms with Gasteiger partial charge in [0.15, 0.2) is 0 Å². The van der Waals surface area contributed by atoms with E-state index >= 15 is 0 Å². The van der Waals surface area contributed by atoms with Gasteiger partial charge in [-0.05, 0) is 13.8 Å². The summed E-state index contributed by atoms with van der Waals surface area (Å²) >= 11 is 0. The van der Waals surface area contributed by atoms with Crippen molar-refractivity contribution in [2.45, 2.75) is 26.4 Å². The molecule has 6 heteroatoms. The second kappa shape index (κ2) is 6.03. The van der Waals surface area contributed by atoms with Gasteiger partial charge < -0.3 is 14.7 Å². The maximum Gasteiger partial charge on any atom is 0.305 e. The van der Waals surface area contributed by atoms with E-state index in [2.05, 4.69) is 9.97 Å². The van der Waals surface area contributed by atoms with Crippen molar-refractivity contribution >= 4 is 11.9 Å². The van der Waals surface area contributed by atoms with E-state index in [1.165, 1.54) is 0 Å². The van der Waals surface area contributed by atoms with Crippen molar-refractivity contribution in [2.24, 2.45) is 0 Å². The van der Waals surface area contributed by atoms with Crippen LogP contribution in [-0.2, 0) is 4.79 Å². The van der Waals surface area contributed by atoms with Crippen LogP contribution in [0.4, 0.5) is 5.95 Å². The Morgan fingerprint density at radius 2 is 2.29 bits per heavy atom. The molecule has 17 heavy (non-hydrogen) atoms. The highest BCUT2D eigenvalue weighted by atomic mass is 16.5. The number of aliphatic carboxylic acids is 1. The van der Waals surface area contributed by atoms with E-state index in [9.17, 15) is 4.79 Å². The van der Waals surface area contributed by atoms with Crippen LogP contribution in [0.15, 0.2) is 12.3 Å². The number of carboxylic acid groups (broad SMARTS) is 1. The Morgan fingerprint density at radius 3 is 2.88 bits per heavy atom. The van der Waals surface area contributed by atoms with Gasteiger partial charge in [0, 0.05) is 25.9 Å². The molecule has 0 amide bonds. The molecule has 0 saturated heterocycles. The molecule has 0 unspecified atom stereocenters. The van der Waals surface area contributed by atoms with Gasteiger partial charge in [-0.25, -0.2) is 4.98 Å². The number of aromatic nitrogens is 2. The van der Waals surface area contributed by atoms with Crippen molar-refractivity contribution in [1.82, 2.24) is 9.97 Å². The number of nitrogens with zero attached hydrogens (tertiary/aromatic N) is 3. The van der Waals surface area contributed by atoms with Gasteiger partial charge in [0.25, 0.3) is 0 Å². The lowest BCUT2D eigenvalue weighted by molar-refractivity contribution is -0.136. The van der Waals surface area contributed by atoms with Gasteiger partial charge in [-0.15, -0.1) is 0 Å². The summed E-state index contributed by atoms with van der Waals surface area (Å²) in [5.74, 6) is 0.114. The fourth-order valence-electron chi connectivity index (χ4n) is 1.19. The van der Waals surface area contributed by atoms with Crippen molar-refractivity contribution < 1.29 is 14.6 Å². The first-order valence-corrected chi connectivity index (χ1v) is 5.41. The fraction of sp³-hybridized carbons (Fsp3) is 0.545. The van der Waals surface area contributed by atoms with E-state index in [0.717, 1.165) is 0 Å². The zero-order chi connectivity index (χ0) is 12.8. The molecule has 0 atom stereocenters. The van der Waals surface area contributed by atoms with Gasteiger partial charge in [0.1, 0.15) is 0 Å². The lowest BCUT2D eigenvalue weighted by Gasteiger charge is -2.16. The van der Waals surface area contributed by atoms with Crippen LogP contribution in [-0.4, -0.2) is 40.7 Å². The smallest absolute Gasteiger partial charge is 0.305 e. The van der Waals surface area contributed by atoms with Crippen molar-refractivity contribution in [3.05, 3.63) is 12.3 Å². The minimum atomic E-state index is -0.841. The summed E-state index contributed by atoms with van der Waals surface area (Å²) in [6, 6.07) is 1.68. The SMILES string of the molecule is CC(C)Oc1ccnc(N(C)CCC(=O)O)n1. The maximum absolute atomic E-state index is 10.5. The molecule has 1 aromatic heterocycles. The molecule has 0 aliphatic rings. The molecule has 1 aromatic rings. The second-order valence-electron chi connectivity index (χ2n) is 3.93. The van der Waals surface area contributed by atoms with Crippen LogP contribution in [0.1, 0.15) is 20.3 Å². The Bertz CT molecular complexity index is 382. The fourth-order valence-corrected chi connectivity index (χ4v) is 1.19. The van der Waals surface area contributed by atoms with Crippen LogP contribution in [0, 0.1) is 0 Å². The lowest BCUT2D eigenvalue weighted by Crippen LogP contribution is -2.23.